The SMILES string of the molecule is O=C(O)NC1CC(NCC(=O)Nc2cccc(Br)n2)C1. The second-order valence-electron chi connectivity index (χ2n) is 4.59. The highest BCUT2D eigenvalue weighted by molar-refractivity contribution is 9.10. The van der Waals surface area contributed by atoms with Crippen LogP contribution in [0.15, 0.2) is 22.8 Å². The molecule has 4 N–H and O–H groups in total. The molecule has 1 aromatic rings. The number of nitrogens with one attached hydrogen (secondary N) is 3. The van der Waals surface area contributed by atoms with Crippen molar-refractivity contribution in [2.75, 3.05) is 11.9 Å². The summed E-state index contributed by atoms with van der Waals surface area (Å²) < 4.78 is 0.657. The summed E-state index contributed by atoms with van der Waals surface area (Å²) in [5, 5.41) is 16.7. The van der Waals surface area contributed by atoms with Gasteiger partial charge in [-0.2, -0.15) is 0 Å². The minimum atomic E-state index is -1.01. The fraction of sp³-hybridized carbons (Fsp3) is 0.417. The summed E-state index contributed by atoms with van der Waals surface area (Å²) in [5.41, 5.74) is 0. The van der Waals surface area contributed by atoms with Gasteiger partial charge in [-0.05, 0) is 40.9 Å². The quantitative estimate of drug-likeness (QED) is 0.601. The molecule has 0 aliphatic heterocycles. The molecule has 2 rings (SSSR count). The van der Waals surface area contributed by atoms with Crippen LogP contribution in [0.4, 0.5) is 10.6 Å². The smallest absolute Gasteiger partial charge is 0.404 e. The predicted molar refractivity (Wildman–Crippen MR) is 76.5 cm³/mol. The van der Waals surface area contributed by atoms with Gasteiger partial charge in [-0.1, -0.05) is 6.07 Å². The second-order valence-corrected chi connectivity index (χ2v) is 5.40. The number of nitrogens with zero attached hydrogens (tertiary/aromatic N) is 1. The Labute approximate surface area is 124 Å². The van der Waals surface area contributed by atoms with Gasteiger partial charge in [0.1, 0.15) is 10.4 Å². The Morgan fingerprint density at radius 3 is 2.75 bits per heavy atom. The van der Waals surface area contributed by atoms with Gasteiger partial charge in [0.05, 0.1) is 6.54 Å². The standard InChI is InChI=1S/C12H15BrN4O3/c13-9-2-1-3-10(16-9)17-11(18)6-14-7-4-8(5-7)15-12(19)20/h1-3,7-8,14-15H,4-6H2,(H,19,20)(H,16,17,18). The Hall–Kier alpha value is -1.67. The monoisotopic (exact) mass is 342 g/mol. The molecule has 0 saturated heterocycles. The maximum atomic E-state index is 11.7. The van der Waals surface area contributed by atoms with Gasteiger partial charge < -0.3 is 21.1 Å². The van der Waals surface area contributed by atoms with Crippen molar-refractivity contribution in [3.63, 3.8) is 0 Å². The van der Waals surface area contributed by atoms with Crippen LogP contribution in [-0.2, 0) is 4.79 Å². The van der Waals surface area contributed by atoms with Gasteiger partial charge in [-0.25, -0.2) is 9.78 Å². The number of hydrogen-bond acceptors (Lipinski definition) is 4. The van der Waals surface area contributed by atoms with Gasteiger partial charge in [-0.15, -0.1) is 0 Å². The highest BCUT2D eigenvalue weighted by atomic mass is 79.9. The molecule has 0 unspecified atom stereocenters. The molecular weight excluding hydrogens is 328 g/mol. The maximum absolute atomic E-state index is 11.7. The third kappa shape index (κ3) is 4.46. The van der Waals surface area contributed by atoms with Crippen molar-refractivity contribution in [2.45, 2.75) is 24.9 Å². The van der Waals surface area contributed by atoms with Gasteiger partial charge in [0, 0.05) is 12.1 Å². The number of halogens is 1. The molecule has 1 aliphatic rings. The molecule has 2 amide bonds. The van der Waals surface area contributed by atoms with Crippen molar-refractivity contribution in [3.8, 4) is 0 Å². The van der Waals surface area contributed by atoms with E-state index < -0.39 is 6.09 Å². The summed E-state index contributed by atoms with van der Waals surface area (Å²) in [4.78, 5) is 26.2. The molecule has 20 heavy (non-hydrogen) atoms. The normalized spacial score (nSPS) is 20.9. The molecule has 0 atom stereocenters. The average Bonchev–Trinajstić information content (AvgIpc) is 2.31. The number of carbonyl (C=O) groups is 2. The highest BCUT2D eigenvalue weighted by Crippen LogP contribution is 2.19. The predicted octanol–water partition coefficient (Wildman–Crippen LogP) is 1.17. The van der Waals surface area contributed by atoms with Crippen LogP contribution in [0.2, 0.25) is 0 Å². The Bertz CT molecular complexity index is 505. The van der Waals surface area contributed by atoms with Gasteiger partial charge in [0.15, 0.2) is 0 Å². The molecule has 0 spiro atoms. The first kappa shape index (κ1) is 14.7. The van der Waals surface area contributed by atoms with E-state index in [9.17, 15) is 9.59 Å². The third-order valence-electron chi connectivity index (χ3n) is 3.00. The lowest BCUT2D eigenvalue weighted by molar-refractivity contribution is -0.115. The van der Waals surface area contributed by atoms with Crippen LogP contribution >= 0.6 is 15.9 Å². The van der Waals surface area contributed by atoms with Crippen LogP contribution in [-0.4, -0.2) is 40.7 Å². The molecule has 0 bridgehead atoms. The molecule has 1 aliphatic carbocycles. The van der Waals surface area contributed by atoms with Crippen molar-refractivity contribution in [2.24, 2.45) is 0 Å². The molecule has 7 nitrogen and oxygen atoms in total. The largest absolute Gasteiger partial charge is 0.465 e. The fourth-order valence-electron chi connectivity index (χ4n) is 1.98. The number of hydrogen-bond donors (Lipinski definition) is 4. The van der Waals surface area contributed by atoms with Crippen molar-refractivity contribution < 1.29 is 14.7 Å². The van der Waals surface area contributed by atoms with E-state index in [-0.39, 0.29) is 24.5 Å². The number of carbonyl (C=O) groups excluding carboxylic acids is 1. The van der Waals surface area contributed by atoms with Crippen molar-refractivity contribution >= 4 is 33.7 Å². The first-order valence-electron chi connectivity index (χ1n) is 6.18. The maximum Gasteiger partial charge on any atom is 0.404 e. The van der Waals surface area contributed by atoms with Crippen LogP contribution in [0.5, 0.6) is 0 Å². The highest BCUT2D eigenvalue weighted by Gasteiger charge is 2.30. The van der Waals surface area contributed by atoms with E-state index in [0.717, 1.165) is 0 Å². The number of amides is 2. The summed E-state index contributed by atoms with van der Waals surface area (Å²) in [7, 11) is 0. The van der Waals surface area contributed by atoms with E-state index >= 15 is 0 Å². The summed E-state index contributed by atoms with van der Waals surface area (Å²) in [6, 6.07) is 5.43. The Kier molecular flexibility index (Phi) is 4.91. The first-order chi connectivity index (χ1) is 9.52. The lowest BCUT2D eigenvalue weighted by Gasteiger charge is -2.35. The molecule has 8 heteroatoms. The number of anilines is 1. The average molecular weight is 343 g/mol. The van der Waals surface area contributed by atoms with Crippen molar-refractivity contribution in [1.82, 2.24) is 15.6 Å². The van der Waals surface area contributed by atoms with E-state index in [1.54, 1.807) is 18.2 Å². The summed E-state index contributed by atoms with van der Waals surface area (Å²) >= 11 is 3.23. The Morgan fingerprint density at radius 1 is 1.35 bits per heavy atom. The summed E-state index contributed by atoms with van der Waals surface area (Å²) in [6.07, 6.45) is 0.399. The van der Waals surface area contributed by atoms with Gasteiger partial charge in [0.25, 0.3) is 0 Å². The fourth-order valence-corrected chi connectivity index (χ4v) is 2.32. The number of pyridine rings is 1. The lowest BCUT2D eigenvalue weighted by atomic mass is 9.87. The topological polar surface area (TPSA) is 103 Å². The van der Waals surface area contributed by atoms with Gasteiger partial charge in [0.2, 0.25) is 5.91 Å². The minimum absolute atomic E-state index is 0.0141. The molecular formula is C12H15BrN4O3. The number of aromatic nitrogens is 1. The van der Waals surface area contributed by atoms with Gasteiger partial charge in [-0.3, -0.25) is 4.79 Å². The lowest BCUT2D eigenvalue weighted by Crippen LogP contribution is -2.53. The van der Waals surface area contributed by atoms with E-state index in [1.807, 2.05) is 0 Å². The number of carboxylic acid groups (broad SMARTS) is 1. The van der Waals surface area contributed by atoms with E-state index in [4.69, 9.17) is 5.11 Å². The molecule has 1 fully saturated rings. The van der Waals surface area contributed by atoms with Crippen LogP contribution in [0, 0.1) is 0 Å². The van der Waals surface area contributed by atoms with Crippen LogP contribution in [0.1, 0.15) is 12.8 Å². The van der Waals surface area contributed by atoms with Crippen molar-refractivity contribution in [1.29, 1.82) is 0 Å². The molecule has 1 heterocycles. The zero-order valence-electron chi connectivity index (χ0n) is 10.6. The van der Waals surface area contributed by atoms with E-state index in [2.05, 4.69) is 36.9 Å². The summed E-state index contributed by atoms with van der Waals surface area (Å²) in [6.45, 7) is 0.179. The minimum Gasteiger partial charge on any atom is -0.465 e. The van der Waals surface area contributed by atoms with Gasteiger partial charge >= 0.3 is 6.09 Å². The zero-order valence-corrected chi connectivity index (χ0v) is 12.2. The van der Waals surface area contributed by atoms with E-state index in [0.29, 0.717) is 23.3 Å². The third-order valence-corrected chi connectivity index (χ3v) is 3.44. The van der Waals surface area contributed by atoms with Crippen molar-refractivity contribution in [3.05, 3.63) is 22.8 Å². The van der Waals surface area contributed by atoms with Crippen LogP contribution in [0.3, 0.4) is 0 Å². The van der Waals surface area contributed by atoms with Crippen LogP contribution < -0.4 is 16.0 Å². The summed E-state index contributed by atoms with van der Waals surface area (Å²) in [5.74, 6) is 0.315. The first-order valence-corrected chi connectivity index (χ1v) is 6.97. The molecule has 108 valence electrons. The zero-order chi connectivity index (χ0) is 14.5. The second kappa shape index (κ2) is 6.67. The molecule has 0 aromatic carbocycles. The van der Waals surface area contributed by atoms with E-state index in [1.165, 1.54) is 0 Å². The Balaban J connectivity index is 1.65. The molecule has 1 saturated carbocycles. The molecule has 1 aromatic heterocycles. The number of rotatable bonds is 5. The van der Waals surface area contributed by atoms with Crippen LogP contribution in [0.25, 0.3) is 0 Å². The Morgan fingerprint density at radius 2 is 2.10 bits per heavy atom. The molecule has 0 radical (unpaired) electrons.